The van der Waals surface area contributed by atoms with Gasteiger partial charge in [0.25, 0.3) is 0 Å². The average molecular weight is 394 g/mol. The van der Waals surface area contributed by atoms with Crippen molar-refractivity contribution < 1.29 is 23.9 Å². The van der Waals surface area contributed by atoms with Gasteiger partial charge >= 0.3 is 5.97 Å². The maximum atomic E-state index is 13.9. The Labute approximate surface area is 168 Å². The maximum absolute atomic E-state index is 13.9. The molecule has 1 aromatic rings. The van der Waals surface area contributed by atoms with Crippen LogP contribution in [0, 0.1) is 0 Å². The molecule has 0 saturated carbocycles. The SMILES string of the molecule is C=CCN1C(=O)[C@@]2(C(C(=O)OCC)=C(N)Oc3ccccc32)C2=C1CCCC2=O. The molecule has 1 amide bonds. The number of nitrogens with zero attached hydrogens (tertiary/aromatic N) is 1. The van der Waals surface area contributed by atoms with Crippen molar-refractivity contribution in [3.8, 4) is 5.75 Å². The lowest BCUT2D eigenvalue weighted by Crippen LogP contribution is -2.49. The fraction of sp³-hybridized carbons (Fsp3) is 0.318. The van der Waals surface area contributed by atoms with Gasteiger partial charge in [0.2, 0.25) is 11.8 Å². The lowest BCUT2D eigenvalue weighted by Gasteiger charge is -2.37. The molecule has 7 heteroatoms. The number of nitrogens with two attached hydrogens (primary N) is 1. The molecule has 2 heterocycles. The van der Waals surface area contributed by atoms with Crippen molar-refractivity contribution in [2.75, 3.05) is 13.2 Å². The molecule has 0 unspecified atom stereocenters. The van der Waals surface area contributed by atoms with Gasteiger partial charge in [0.05, 0.1) is 6.61 Å². The molecule has 2 N–H and O–H groups in total. The quantitative estimate of drug-likeness (QED) is 0.620. The van der Waals surface area contributed by atoms with Gasteiger partial charge in [-0.1, -0.05) is 24.3 Å². The number of para-hydroxylation sites is 1. The molecule has 0 fully saturated rings. The van der Waals surface area contributed by atoms with Crippen molar-refractivity contribution in [3.63, 3.8) is 0 Å². The van der Waals surface area contributed by atoms with E-state index in [4.69, 9.17) is 15.2 Å². The number of benzene rings is 1. The number of Topliss-reactive ketones (excluding diaryl/α,β-unsaturated/α-hetero) is 1. The van der Waals surface area contributed by atoms with Gasteiger partial charge in [0.1, 0.15) is 16.7 Å². The Bertz CT molecular complexity index is 1010. The van der Waals surface area contributed by atoms with Crippen molar-refractivity contribution in [1.29, 1.82) is 0 Å². The minimum Gasteiger partial charge on any atom is -0.462 e. The van der Waals surface area contributed by atoms with Crippen LogP contribution >= 0.6 is 0 Å². The van der Waals surface area contributed by atoms with Crippen molar-refractivity contribution in [3.05, 3.63) is 65.2 Å². The Morgan fingerprint density at radius 1 is 1.34 bits per heavy atom. The van der Waals surface area contributed by atoms with Crippen LogP contribution in [-0.4, -0.2) is 35.7 Å². The van der Waals surface area contributed by atoms with Crippen molar-refractivity contribution >= 4 is 17.7 Å². The van der Waals surface area contributed by atoms with E-state index < -0.39 is 17.3 Å². The van der Waals surface area contributed by atoms with Crippen LogP contribution in [0.5, 0.6) is 5.75 Å². The van der Waals surface area contributed by atoms with E-state index in [2.05, 4.69) is 6.58 Å². The van der Waals surface area contributed by atoms with Crippen LogP contribution in [0.2, 0.25) is 0 Å². The summed E-state index contributed by atoms with van der Waals surface area (Å²) in [4.78, 5) is 41.7. The third-order valence-corrected chi connectivity index (χ3v) is 5.58. The predicted molar refractivity (Wildman–Crippen MR) is 104 cm³/mol. The fourth-order valence-electron chi connectivity index (χ4n) is 4.57. The zero-order chi connectivity index (χ0) is 20.8. The molecule has 0 aromatic heterocycles. The van der Waals surface area contributed by atoms with E-state index in [9.17, 15) is 14.4 Å². The van der Waals surface area contributed by atoms with E-state index in [1.807, 2.05) is 0 Å². The van der Waals surface area contributed by atoms with Gasteiger partial charge in [-0.15, -0.1) is 6.58 Å². The Kier molecular flexibility index (Phi) is 4.53. The molecule has 7 nitrogen and oxygen atoms in total. The van der Waals surface area contributed by atoms with Gasteiger partial charge in [-0.3, -0.25) is 9.59 Å². The maximum Gasteiger partial charge on any atom is 0.341 e. The van der Waals surface area contributed by atoms with Gasteiger partial charge in [0, 0.05) is 29.8 Å². The molecule has 0 bridgehead atoms. The zero-order valence-corrected chi connectivity index (χ0v) is 16.2. The first kappa shape index (κ1) is 19.0. The summed E-state index contributed by atoms with van der Waals surface area (Å²) < 4.78 is 10.9. The van der Waals surface area contributed by atoms with Gasteiger partial charge in [-0.2, -0.15) is 0 Å². The van der Waals surface area contributed by atoms with Crippen molar-refractivity contribution in [2.45, 2.75) is 31.6 Å². The van der Waals surface area contributed by atoms with Crippen LogP contribution in [0.4, 0.5) is 0 Å². The first-order valence-corrected chi connectivity index (χ1v) is 9.62. The van der Waals surface area contributed by atoms with Crippen LogP contribution < -0.4 is 10.5 Å². The highest BCUT2D eigenvalue weighted by Gasteiger charge is 2.63. The number of amides is 1. The second-order valence-corrected chi connectivity index (χ2v) is 7.11. The van der Waals surface area contributed by atoms with E-state index in [0.29, 0.717) is 41.8 Å². The number of carbonyl (C=O) groups excluding carboxylic acids is 3. The number of ether oxygens (including phenoxy) is 2. The van der Waals surface area contributed by atoms with E-state index in [-0.39, 0.29) is 30.4 Å². The topological polar surface area (TPSA) is 98.9 Å². The summed E-state index contributed by atoms with van der Waals surface area (Å²) in [5.41, 5.74) is 5.72. The highest BCUT2D eigenvalue weighted by molar-refractivity contribution is 6.19. The van der Waals surface area contributed by atoms with Crippen LogP contribution in [0.15, 0.2) is 59.6 Å². The summed E-state index contributed by atoms with van der Waals surface area (Å²) in [5, 5.41) is 0. The summed E-state index contributed by atoms with van der Waals surface area (Å²) in [6, 6.07) is 6.85. The monoisotopic (exact) mass is 394 g/mol. The van der Waals surface area contributed by atoms with E-state index in [0.717, 1.165) is 0 Å². The summed E-state index contributed by atoms with van der Waals surface area (Å²) in [7, 11) is 0. The molecule has 29 heavy (non-hydrogen) atoms. The second-order valence-electron chi connectivity index (χ2n) is 7.11. The first-order valence-electron chi connectivity index (χ1n) is 9.62. The van der Waals surface area contributed by atoms with Gasteiger partial charge in [0.15, 0.2) is 5.78 Å². The van der Waals surface area contributed by atoms with Crippen molar-refractivity contribution in [1.82, 2.24) is 4.90 Å². The minimum absolute atomic E-state index is 0.0950. The summed E-state index contributed by atoms with van der Waals surface area (Å²) in [6.07, 6.45) is 3.10. The van der Waals surface area contributed by atoms with Gasteiger partial charge in [-0.25, -0.2) is 4.79 Å². The van der Waals surface area contributed by atoms with Crippen LogP contribution in [0.3, 0.4) is 0 Å². The molecule has 150 valence electrons. The fourth-order valence-corrected chi connectivity index (χ4v) is 4.57. The molecule has 1 aliphatic carbocycles. The molecule has 3 aliphatic rings. The molecule has 1 atom stereocenters. The minimum atomic E-state index is -1.67. The first-order chi connectivity index (χ1) is 14.0. The molecule has 2 aliphatic heterocycles. The summed E-state index contributed by atoms with van der Waals surface area (Å²) in [5.74, 6) is -1.21. The Morgan fingerprint density at radius 3 is 2.83 bits per heavy atom. The summed E-state index contributed by atoms with van der Waals surface area (Å²) >= 11 is 0. The van der Waals surface area contributed by atoms with Gasteiger partial charge in [-0.05, 0) is 25.8 Å². The van der Waals surface area contributed by atoms with E-state index in [1.165, 1.54) is 4.90 Å². The van der Waals surface area contributed by atoms with Crippen LogP contribution in [0.1, 0.15) is 31.7 Å². The number of esters is 1. The average Bonchev–Trinajstić information content (AvgIpc) is 2.93. The Balaban J connectivity index is 2.10. The number of fused-ring (bicyclic) bond motifs is 3. The highest BCUT2D eigenvalue weighted by atomic mass is 16.5. The number of hydrogen-bond acceptors (Lipinski definition) is 6. The number of carbonyl (C=O) groups is 3. The third kappa shape index (κ3) is 2.46. The highest BCUT2D eigenvalue weighted by Crippen LogP contribution is 2.56. The molecular weight excluding hydrogens is 372 g/mol. The largest absolute Gasteiger partial charge is 0.462 e. The standard InChI is InChI=1S/C22H22N2O5/c1-3-12-24-14-9-7-10-15(25)17(14)22(21(24)27)13-8-5-6-11-16(13)29-19(23)18(22)20(26)28-4-2/h3,5-6,8,11H,1,4,7,9-10,12,23H2,2H3/t22-/m1/s1. The number of allylic oxidation sites excluding steroid dienone is 1. The van der Waals surface area contributed by atoms with Gasteiger partial charge < -0.3 is 20.1 Å². The van der Waals surface area contributed by atoms with E-state index in [1.54, 1.807) is 37.3 Å². The normalized spacial score (nSPS) is 23.1. The molecule has 0 saturated heterocycles. The van der Waals surface area contributed by atoms with Crippen LogP contribution in [-0.2, 0) is 24.5 Å². The van der Waals surface area contributed by atoms with Crippen molar-refractivity contribution in [2.24, 2.45) is 5.73 Å². The number of ketones is 1. The number of rotatable bonds is 4. The molecule has 4 rings (SSSR count). The Hall–Kier alpha value is -3.35. The summed E-state index contributed by atoms with van der Waals surface area (Å²) in [6.45, 7) is 5.72. The molecular formula is C22H22N2O5. The van der Waals surface area contributed by atoms with Crippen LogP contribution in [0.25, 0.3) is 0 Å². The van der Waals surface area contributed by atoms with E-state index >= 15 is 0 Å². The molecule has 1 aromatic carbocycles. The second kappa shape index (κ2) is 6.92. The smallest absolute Gasteiger partial charge is 0.341 e. The zero-order valence-electron chi connectivity index (χ0n) is 16.2. The predicted octanol–water partition coefficient (Wildman–Crippen LogP) is 2.09. The lowest BCUT2D eigenvalue weighted by atomic mass is 9.65. The third-order valence-electron chi connectivity index (χ3n) is 5.58. The Morgan fingerprint density at radius 2 is 2.10 bits per heavy atom. The molecule has 1 spiro atoms. The number of hydrogen-bond donors (Lipinski definition) is 1. The lowest BCUT2D eigenvalue weighted by molar-refractivity contribution is -0.142. The molecule has 0 radical (unpaired) electrons.